The Morgan fingerprint density at radius 1 is 0.533 bits per heavy atom. The molecule has 7 aromatic rings. The number of pyridine rings is 1. The summed E-state index contributed by atoms with van der Waals surface area (Å²) in [6.07, 6.45) is 10.0. The van der Waals surface area contributed by atoms with E-state index in [2.05, 4.69) is 138 Å². The van der Waals surface area contributed by atoms with Crippen LogP contribution in [0, 0.1) is 0 Å². The van der Waals surface area contributed by atoms with Gasteiger partial charge < -0.3 is 0 Å². The van der Waals surface area contributed by atoms with Gasteiger partial charge in [-0.1, -0.05) is 108 Å². The lowest BCUT2D eigenvalue weighted by atomic mass is 9.84. The molecule has 1 aliphatic carbocycles. The zero-order valence-corrected chi connectivity index (χ0v) is 24.6. The minimum Gasteiger partial charge on any atom is -0.263 e. The van der Waals surface area contributed by atoms with Crippen LogP contribution in [0.4, 0.5) is 5.69 Å². The molecule has 0 aliphatic heterocycles. The fraction of sp³-hybridized carbons (Fsp3) is 0. The number of allylic oxidation sites excluding steroid dienone is 4. The van der Waals surface area contributed by atoms with Crippen LogP contribution in [0.25, 0.3) is 60.1 Å². The maximum Gasteiger partial charge on any atom is 0.228 e. The van der Waals surface area contributed by atoms with Crippen molar-refractivity contribution in [3.05, 3.63) is 164 Å². The van der Waals surface area contributed by atoms with Crippen LogP contribution in [0.3, 0.4) is 0 Å². The summed E-state index contributed by atoms with van der Waals surface area (Å²) >= 11 is 0. The van der Waals surface area contributed by atoms with Crippen molar-refractivity contribution in [1.82, 2.24) is 4.98 Å². The number of hydrogen-bond donors (Lipinski definition) is 2. The van der Waals surface area contributed by atoms with Crippen LogP contribution in [0.15, 0.2) is 163 Å². The van der Waals surface area contributed by atoms with Crippen molar-refractivity contribution in [3.8, 4) is 22.3 Å². The van der Waals surface area contributed by atoms with E-state index in [0.717, 1.165) is 33.5 Å². The van der Waals surface area contributed by atoms with Gasteiger partial charge in [-0.05, 0) is 79.0 Å². The Hall–Kier alpha value is -5.97. The van der Waals surface area contributed by atoms with Gasteiger partial charge in [0.05, 0.1) is 0 Å². The first-order valence-corrected chi connectivity index (χ1v) is 15.1. The molecule has 1 aliphatic rings. The number of aromatic nitrogens is 1. The van der Waals surface area contributed by atoms with Gasteiger partial charge >= 0.3 is 0 Å². The van der Waals surface area contributed by atoms with E-state index in [9.17, 15) is 0 Å². The molecule has 0 bridgehead atoms. The number of quaternary nitrogens is 1. The molecule has 0 atom stereocenters. The SMILES string of the molecule is [NH2+]=C1C=CC(c2c3ccccc3c(-c3ccccc3)c3ccccc23)=CC1=N[NH2+]c1ccc(-c2cncc3ccccc23)cc1. The summed E-state index contributed by atoms with van der Waals surface area (Å²) in [7, 11) is 0. The van der Waals surface area contributed by atoms with Crippen molar-refractivity contribution in [2.75, 3.05) is 0 Å². The summed E-state index contributed by atoms with van der Waals surface area (Å²) in [6.45, 7) is 0. The van der Waals surface area contributed by atoms with E-state index in [1.165, 1.54) is 43.6 Å². The molecule has 0 unspecified atom stereocenters. The Bertz CT molecular complexity index is 2280. The Balaban J connectivity index is 1.18. The molecule has 4 nitrogen and oxygen atoms in total. The van der Waals surface area contributed by atoms with E-state index in [0.29, 0.717) is 5.71 Å². The molecular weight excluding hydrogens is 548 g/mol. The summed E-state index contributed by atoms with van der Waals surface area (Å²) < 4.78 is 0. The van der Waals surface area contributed by atoms with Gasteiger partial charge in [0.1, 0.15) is 0 Å². The minimum absolute atomic E-state index is 0.642. The van der Waals surface area contributed by atoms with Gasteiger partial charge in [-0.25, -0.2) is 0 Å². The van der Waals surface area contributed by atoms with Gasteiger partial charge in [0, 0.05) is 41.6 Å². The third-order valence-corrected chi connectivity index (χ3v) is 8.56. The van der Waals surface area contributed by atoms with Crippen LogP contribution >= 0.6 is 0 Å². The normalized spacial score (nSPS) is 14.0. The average molecular weight is 579 g/mol. The highest BCUT2D eigenvalue weighted by Crippen LogP contribution is 2.42. The molecule has 0 radical (unpaired) electrons. The summed E-state index contributed by atoms with van der Waals surface area (Å²) in [5.41, 5.74) is 11.2. The van der Waals surface area contributed by atoms with Gasteiger partial charge in [-0.15, -0.1) is 0 Å². The second-order valence-corrected chi connectivity index (χ2v) is 11.3. The van der Waals surface area contributed by atoms with E-state index >= 15 is 0 Å². The number of nitrogens with zero attached hydrogens (tertiary/aromatic N) is 2. The fourth-order valence-electron chi connectivity index (χ4n) is 6.41. The zero-order chi connectivity index (χ0) is 30.2. The molecule has 8 rings (SSSR count). The van der Waals surface area contributed by atoms with E-state index in [-0.39, 0.29) is 0 Å². The number of hydrogen-bond acceptors (Lipinski definition) is 2. The van der Waals surface area contributed by atoms with Gasteiger partial charge in [0.25, 0.3) is 0 Å². The Morgan fingerprint density at radius 3 is 1.82 bits per heavy atom. The molecule has 6 aromatic carbocycles. The molecular formula is C41H30N4+2. The standard InChI is InChI=1S/C41H28N4/c42-38-23-20-29(24-39(38)45-44-31-21-18-27(19-22-31)37-26-43-25-30-12-4-5-13-32(30)37)41-35-16-8-6-14-33(35)40(28-10-2-1-3-11-28)34-15-7-9-17-36(34)41/h1-26,42,44H/p+2. The lowest BCUT2D eigenvalue weighted by Gasteiger charge is -2.18. The van der Waals surface area contributed by atoms with E-state index in [4.69, 9.17) is 10.5 Å². The topological polar surface area (TPSA) is 67.5 Å². The molecule has 212 valence electrons. The summed E-state index contributed by atoms with van der Waals surface area (Å²) in [6, 6.07) is 44.8. The Labute approximate surface area is 261 Å². The molecule has 1 aromatic heterocycles. The van der Waals surface area contributed by atoms with Crippen molar-refractivity contribution in [3.63, 3.8) is 0 Å². The number of benzene rings is 6. The maximum absolute atomic E-state index is 6.49. The van der Waals surface area contributed by atoms with Crippen molar-refractivity contribution < 1.29 is 10.8 Å². The summed E-state index contributed by atoms with van der Waals surface area (Å²) in [5.74, 6) is 0. The molecule has 0 fully saturated rings. The molecule has 4 heteroatoms. The third kappa shape index (κ3) is 4.84. The van der Waals surface area contributed by atoms with Gasteiger partial charge in [-0.3, -0.25) is 10.4 Å². The molecule has 0 saturated carbocycles. The molecule has 0 spiro atoms. The average Bonchev–Trinajstić information content (AvgIpc) is 3.10. The van der Waals surface area contributed by atoms with E-state index in [1.54, 1.807) is 0 Å². The highest BCUT2D eigenvalue weighted by Gasteiger charge is 2.21. The predicted molar refractivity (Wildman–Crippen MR) is 187 cm³/mol. The quantitative estimate of drug-likeness (QED) is 0.0728. The summed E-state index contributed by atoms with van der Waals surface area (Å²) in [5, 5.41) is 18.5. The number of nitrogens with two attached hydrogens (primary N) is 2. The Morgan fingerprint density at radius 2 is 1.13 bits per heavy atom. The fourth-order valence-corrected chi connectivity index (χ4v) is 6.41. The van der Waals surface area contributed by atoms with Crippen LogP contribution in [0.2, 0.25) is 0 Å². The van der Waals surface area contributed by atoms with Crippen LogP contribution in [-0.2, 0) is 0 Å². The molecule has 0 saturated heterocycles. The first-order chi connectivity index (χ1) is 22.2. The zero-order valence-electron chi connectivity index (χ0n) is 24.6. The van der Waals surface area contributed by atoms with Gasteiger partial charge in [0.2, 0.25) is 5.71 Å². The summed E-state index contributed by atoms with van der Waals surface area (Å²) in [4.78, 5) is 4.45. The van der Waals surface area contributed by atoms with Crippen LogP contribution in [0.5, 0.6) is 0 Å². The van der Waals surface area contributed by atoms with Crippen molar-refractivity contribution in [2.24, 2.45) is 5.10 Å². The number of fused-ring (bicyclic) bond motifs is 3. The molecule has 45 heavy (non-hydrogen) atoms. The highest BCUT2D eigenvalue weighted by atomic mass is 15.3. The minimum atomic E-state index is 0.642. The van der Waals surface area contributed by atoms with E-state index in [1.807, 2.05) is 30.0 Å². The predicted octanol–water partition coefficient (Wildman–Crippen LogP) is 7.28. The Kier molecular flexibility index (Phi) is 6.67. The smallest absolute Gasteiger partial charge is 0.228 e. The van der Waals surface area contributed by atoms with Crippen molar-refractivity contribution >= 4 is 55.0 Å². The largest absolute Gasteiger partial charge is 0.263 e. The monoisotopic (exact) mass is 578 g/mol. The molecule has 0 amide bonds. The molecule has 1 heterocycles. The second-order valence-electron chi connectivity index (χ2n) is 11.3. The van der Waals surface area contributed by atoms with Crippen LogP contribution in [0.1, 0.15) is 5.56 Å². The van der Waals surface area contributed by atoms with Gasteiger partial charge in [-0.2, -0.15) is 5.43 Å². The third-order valence-electron chi connectivity index (χ3n) is 8.56. The van der Waals surface area contributed by atoms with Crippen molar-refractivity contribution in [2.45, 2.75) is 0 Å². The van der Waals surface area contributed by atoms with Crippen LogP contribution in [-0.4, -0.2) is 16.4 Å². The highest BCUT2D eigenvalue weighted by molar-refractivity contribution is 6.50. The number of rotatable bonds is 5. The first kappa shape index (κ1) is 26.6. The lowest BCUT2D eigenvalue weighted by Crippen LogP contribution is -2.72. The lowest BCUT2D eigenvalue weighted by molar-refractivity contribution is -0.577. The van der Waals surface area contributed by atoms with Crippen LogP contribution < -0.4 is 10.8 Å². The molecule has 4 N–H and O–H groups in total. The van der Waals surface area contributed by atoms with Crippen molar-refractivity contribution in [1.29, 1.82) is 0 Å². The second kappa shape index (κ2) is 11.3. The first-order valence-electron chi connectivity index (χ1n) is 15.1. The van der Waals surface area contributed by atoms with Gasteiger partial charge in [0.15, 0.2) is 11.4 Å². The van der Waals surface area contributed by atoms with E-state index < -0.39 is 0 Å². The maximum atomic E-state index is 6.49.